The first-order chi connectivity index (χ1) is 11.5. The molecule has 0 unspecified atom stereocenters. The van der Waals surface area contributed by atoms with Crippen molar-refractivity contribution in [2.45, 2.75) is 20.0 Å². The molecule has 0 atom stereocenters. The number of nitrogens with one attached hydrogen (secondary N) is 2. The molecule has 8 heteroatoms. The third kappa shape index (κ3) is 6.29. The first-order valence-electron chi connectivity index (χ1n) is 7.42. The van der Waals surface area contributed by atoms with E-state index in [2.05, 4.69) is 15.6 Å². The molecule has 0 aliphatic rings. The van der Waals surface area contributed by atoms with Crippen LogP contribution in [0, 0.1) is 22.9 Å². The molecule has 2 aromatic carbocycles. The molecule has 25 heavy (non-hydrogen) atoms. The highest BCUT2D eigenvalue weighted by Crippen LogP contribution is 2.13. The number of nitrogens with zero attached hydrogens (tertiary/aromatic N) is 2. The molecular weight excluding hydrogens is 438 g/mol. The number of guanidine groups is 1. The van der Waals surface area contributed by atoms with E-state index in [1.54, 1.807) is 38.2 Å². The molecule has 0 aliphatic carbocycles. The Kier molecular flexibility index (Phi) is 8.26. The standard InChI is InChI=1S/C17H19FN4O2.HI/c1-12-8-14(6-7-16(12)18)11-21-17(19-2)20-10-13-4-3-5-15(9-13)22(23)24;/h3-9H,10-11H2,1-2H3,(H2,19,20,21);1H. The Morgan fingerprint density at radius 1 is 1.16 bits per heavy atom. The predicted octanol–water partition coefficient (Wildman–Crippen LogP) is 3.53. The maximum absolute atomic E-state index is 13.3. The zero-order valence-corrected chi connectivity index (χ0v) is 16.3. The van der Waals surface area contributed by atoms with Gasteiger partial charge in [-0.3, -0.25) is 15.1 Å². The first-order valence-corrected chi connectivity index (χ1v) is 7.42. The fourth-order valence-corrected chi connectivity index (χ4v) is 2.19. The maximum Gasteiger partial charge on any atom is 0.269 e. The second-order valence-electron chi connectivity index (χ2n) is 5.29. The average Bonchev–Trinajstić information content (AvgIpc) is 2.58. The predicted molar refractivity (Wildman–Crippen MR) is 107 cm³/mol. The summed E-state index contributed by atoms with van der Waals surface area (Å²) in [6.07, 6.45) is 0. The van der Waals surface area contributed by atoms with Gasteiger partial charge in [0.25, 0.3) is 5.69 Å². The summed E-state index contributed by atoms with van der Waals surface area (Å²) in [6.45, 7) is 2.62. The van der Waals surface area contributed by atoms with E-state index in [-0.39, 0.29) is 35.5 Å². The molecule has 0 aliphatic heterocycles. The maximum atomic E-state index is 13.3. The number of rotatable bonds is 5. The van der Waals surface area contributed by atoms with Crippen LogP contribution in [0.4, 0.5) is 10.1 Å². The van der Waals surface area contributed by atoms with Gasteiger partial charge in [0.15, 0.2) is 5.96 Å². The van der Waals surface area contributed by atoms with Crippen LogP contribution in [0.3, 0.4) is 0 Å². The molecule has 0 radical (unpaired) electrons. The highest BCUT2D eigenvalue weighted by molar-refractivity contribution is 14.0. The van der Waals surface area contributed by atoms with Gasteiger partial charge in [-0.25, -0.2) is 4.39 Å². The summed E-state index contributed by atoms with van der Waals surface area (Å²) in [7, 11) is 1.64. The third-order valence-corrected chi connectivity index (χ3v) is 3.49. The Balaban J connectivity index is 0.00000312. The molecule has 2 rings (SSSR count). The van der Waals surface area contributed by atoms with E-state index in [1.165, 1.54) is 18.2 Å². The van der Waals surface area contributed by atoms with Gasteiger partial charge in [0.05, 0.1) is 4.92 Å². The van der Waals surface area contributed by atoms with Crippen molar-refractivity contribution in [3.8, 4) is 0 Å². The number of hydrogen-bond acceptors (Lipinski definition) is 3. The van der Waals surface area contributed by atoms with E-state index >= 15 is 0 Å². The molecule has 0 bridgehead atoms. The summed E-state index contributed by atoms with van der Waals surface area (Å²) in [5.41, 5.74) is 2.37. The second-order valence-corrected chi connectivity index (χ2v) is 5.29. The Labute approximate surface area is 162 Å². The molecule has 6 nitrogen and oxygen atoms in total. The van der Waals surface area contributed by atoms with Crippen molar-refractivity contribution in [1.29, 1.82) is 0 Å². The van der Waals surface area contributed by atoms with Crippen molar-refractivity contribution in [3.05, 3.63) is 75.1 Å². The number of aryl methyl sites for hydroxylation is 1. The molecule has 0 spiro atoms. The van der Waals surface area contributed by atoms with Crippen LogP contribution < -0.4 is 10.6 Å². The van der Waals surface area contributed by atoms with Crippen LogP contribution in [0.15, 0.2) is 47.5 Å². The van der Waals surface area contributed by atoms with Gasteiger partial charge in [0, 0.05) is 32.3 Å². The lowest BCUT2D eigenvalue weighted by Crippen LogP contribution is -2.36. The van der Waals surface area contributed by atoms with Gasteiger partial charge < -0.3 is 10.6 Å². The molecule has 2 aromatic rings. The topological polar surface area (TPSA) is 79.6 Å². The zero-order chi connectivity index (χ0) is 17.5. The SMILES string of the molecule is CN=C(NCc1cccc([N+](=O)[O-])c1)NCc1ccc(F)c(C)c1.I. The number of halogens is 2. The van der Waals surface area contributed by atoms with Crippen LogP contribution >= 0.6 is 24.0 Å². The molecule has 0 aromatic heterocycles. The van der Waals surface area contributed by atoms with Gasteiger partial charge in [0.1, 0.15) is 5.82 Å². The molecule has 134 valence electrons. The van der Waals surface area contributed by atoms with Crippen LogP contribution in [-0.2, 0) is 13.1 Å². The van der Waals surface area contributed by atoms with Gasteiger partial charge in [-0.05, 0) is 29.7 Å². The highest BCUT2D eigenvalue weighted by atomic mass is 127. The average molecular weight is 458 g/mol. The van der Waals surface area contributed by atoms with Crippen molar-refractivity contribution >= 4 is 35.6 Å². The van der Waals surface area contributed by atoms with Gasteiger partial charge in [-0.2, -0.15) is 0 Å². The quantitative estimate of drug-likeness (QED) is 0.236. The Bertz CT molecular complexity index is 768. The number of nitro groups is 1. The molecule has 0 saturated heterocycles. The number of nitro benzene ring substituents is 1. The normalized spacial score (nSPS) is 10.8. The first kappa shape index (κ1) is 20.8. The van der Waals surface area contributed by atoms with E-state index in [9.17, 15) is 14.5 Å². The van der Waals surface area contributed by atoms with E-state index in [1.807, 2.05) is 0 Å². The Morgan fingerprint density at radius 2 is 1.80 bits per heavy atom. The largest absolute Gasteiger partial charge is 0.352 e. The minimum absolute atomic E-state index is 0. The monoisotopic (exact) mass is 458 g/mol. The van der Waals surface area contributed by atoms with Crippen LogP contribution in [0.2, 0.25) is 0 Å². The zero-order valence-electron chi connectivity index (χ0n) is 14.0. The Morgan fingerprint density at radius 3 is 2.36 bits per heavy atom. The molecule has 0 fully saturated rings. The lowest BCUT2D eigenvalue weighted by atomic mass is 10.1. The molecule has 0 heterocycles. The van der Waals surface area contributed by atoms with E-state index in [0.29, 0.717) is 24.6 Å². The fourth-order valence-electron chi connectivity index (χ4n) is 2.19. The van der Waals surface area contributed by atoms with Crippen molar-refractivity contribution in [1.82, 2.24) is 10.6 Å². The summed E-state index contributed by atoms with van der Waals surface area (Å²) in [6, 6.07) is 11.3. The summed E-state index contributed by atoms with van der Waals surface area (Å²) >= 11 is 0. The van der Waals surface area contributed by atoms with E-state index in [4.69, 9.17) is 0 Å². The minimum Gasteiger partial charge on any atom is -0.352 e. The Hall–Kier alpha value is -2.23. The molecular formula is C17H20FIN4O2. The number of non-ortho nitro benzene ring substituents is 1. The van der Waals surface area contributed by atoms with Crippen LogP contribution in [0.25, 0.3) is 0 Å². The van der Waals surface area contributed by atoms with Crippen LogP contribution in [0.5, 0.6) is 0 Å². The van der Waals surface area contributed by atoms with E-state index < -0.39 is 4.92 Å². The number of aliphatic imine (C=N–C) groups is 1. The minimum atomic E-state index is -0.423. The molecule has 0 amide bonds. The number of hydrogen-bond donors (Lipinski definition) is 2. The second kappa shape index (κ2) is 9.92. The number of benzene rings is 2. The van der Waals surface area contributed by atoms with Crippen molar-refractivity contribution in [3.63, 3.8) is 0 Å². The summed E-state index contributed by atoms with van der Waals surface area (Å²) in [4.78, 5) is 14.5. The summed E-state index contributed by atoms with van der Waals surface area (Å²) in [5.74, 6) is 0.329. The van der Waals surface area contributed by atoms with Crippen LogP contribution in [-0.4, -0.2) is 17.9 Å². The third-order valence-electron chi connectivity index (χ3n) is 3.49. The fraction of sp³-hybridized carbons (Fsp3) is 0.235. The highest BCUT2D eigenvalue weighted by Gasteiger charge is 2.06. The summed E-state index contributed by atoms with van der Waals surface area (Å²) in [5, 5.41) is 17.0. The lowest BCUT2D eigenvalue weighted by Gasteiger charge is -2.12. The molecule has 2 N–H and O–H groups in total. The van der Waals surface area contributed by atoms with Crippen LogP contribution in [0.1, 0.15) is 16.7 Å². The van der Waals surface area contributed by atoms with Crippen molar-refractivity contribution < 1.29 is 9.31 Å². The van der Waals surface area contributed by atoms with Gasteiger partial charge in [0.2, 0.25) is 0 Å². The molecule has 0 saturated carbocycles. The smallest absolute Gasteiger partial charge is 0.269 e. The lowest BCUT2D eigenvalue weighted by molar-refractivity contribution is -0.384. The van der Waals surface area contributed by atoms with Crippen molar-refractivity contribution in [2.75, 3.05) is 7.05 Å². The van der Waals surface area contributed by atoms with Gasteiger partial charge >= 0.3 is 0 Å². The summed E-state index contributed by atoms with van der Waals surface area (Å²) < 4.78 is 13.3. The van der Waals surface area contributed by atoms with E-state index in [0.717, 1.165) is 11.1 Å². The van der Waals surface area contributed by atoms with Crippen molar-refractivity contribution in [2.24, 2.45) is 4.99 Å². The van der Waals surface area contributed by atoms with Gasteiger partial charge in [-0.15, -0.1) is 24.0 Å². The van der Waals surface area contributed by atoms with Gasteiger partial charge in [-0.1, -0.05) is 24.3 Å².